The predicted molar refractivity (Wildman–Crippen MR) is 74.4 cm³/mol. The van der Waals surface area contributed by atoms with Crippen molar-refractivity contribution in [2.45, 2.75) is 18.9 Å². The quantitative estimate of drug-likeness (QED) is 0.899. The van der Waals surface area contributed by atoms with Crippen molar-refractivity contribution in [2.75, 3.05) is 5.32 Å². The highest BCUT2D eigenvalue weighted by atomic mass is 19.1. The predicted octanol–water partition coefficient (Wildman–Crippen LogP) is 2.86. The minimum absolute atomic E-state index is 0.171. The van der Waals surface area contributed by atoms with Crippen LogP contribution in [0.4, 0.5) is 15.8 Å². The van der Waals surface area contributed by atoms with Crippen molar-refractivity contribution in [3.63, 3.8) is 0 Å². The van der Waals surface area contributed by atoms with Crippen LogP contribution in [0, 0.1) is 5.82 Å². The average molecular weight is 271 g/mol. The number of carbonyl (C=O) groups is 1. The summed E-state index contributed by atoms with van der Waals surface area (Å²) >= 11 is 0. The number of nitrogens with one attached hydrogen (secondary N) is 2. The highest BCUT2D eigenvalue weighted by molar-refractivity contribution is 5.93. The van der Waals surface area contributed by atoms with E-state index in [1.165, 1.54) is 12.1 Å². The molecule has 3 rings (SSSR count). The molecule has 102 valence electrons. The van der Waals surface area contributed by atoms with Gasteiger partial charge < -0.3 is 10.6 Å². The Morgan fingerprint density at radius 1 is 1.20 bits per heavy atom. The summed E-state index contributed by atoms with van der Waals surface area (Å²) in [7, 11) is 0. The van der Waals surface area contributed by atoms with Crippen molar-refractivity contribution in [2.24, 2.45) is 0 Å². The number of benzene rings is 1. The smallest absolute Gasteiger partial charge is 0.270 e. The van der Waals surface area contributed by atoms with Crippen LogP contribution >= 0.6 is 0 Å². The summed E-state index contributed by atoms with van der Waals surface area (Å²) in [6.45, 7) is 0. The third kappa shape index (κ3) is 3.12. The topological polar surface area (TPSA) is 54.0 Å². The molecular weight excluding hydrogens is 257 g/mol. The lowest BCUT2D eigenvalue weighted by Gasteiger charge is -2.08. The Kier molecular flexibility index (Phi) is 3.33. The molecule has 0 bridgehead atoms. The molecule has 0 saturated heterocycles. The van der Waals surface area contributed by atoms with E-state index in [2.05, 4.69) is 15.6 Å². The van der Waals surface area contributed by atoms with Gasteiger partial charge in [0.2, 0.25) is 0 Å². The third-order valence-electron chi connectivity index (χ3n) is 3.02. The molecule has 20 heavy (non-hydrogen) atoms. The standard InChI is InChI=1S/C15H14FN3O/c16-10-2-1-3-12(8-10)18-13-6-7-17-14(9-13)15(20)19-11-4-5-11/h1-3,6-9,11H,4-5H2,(H,17,18)(H,19,20). The number of hydrogen-bond donors (Lipinski definition) is 2. The minimum Gasteiger partial charge on any atom is -0.355 e. The number of halogens is 1. The third-order valence-corrected chi connectivity index (χ3v) is 3.02. The van der Waals surface area contributed by atoms with Crippen LogP contribution in [0.3, 0.4) is 0 Å². The molecule has 2 N–H and O–H groups in total. The van der Waals surface area contributed by atoms with Crippen LogP contribution in [0.25, 0.3) is 0 Å². The monoisotopic (exact) mass is 271 g/mol. The molecule has 4 nitrogen and oxygen atoms in total. The second-order valence-corrected chi connectivity index (χ2v) is 4.81. The maximum Gasteiger partial charge on any atom is 0.270 e. The average Bonchev–Trinajstić information content (AvgIpc) is 3.23. The first kappa shape index (κ1) is 12.6. The van der Waals surface area contributed by atoms with E-state index in [4.69, 9.17) is 0 Å². The van der Waals surface area contributed by atoms with E-state index in [1.54, 1.807) is 30.5 Å². The van der Waals surface area contributed by atoms with Gasteiger partial charge in [-0.2, -0.15) is 0 Å². The molecule has 1 amide bonds. The molecule has 0 spiro atoms. The maximum atomic E-state index is 13.1. The van der Waals surface area contributed by atoms with E-state index in [9.17, 15) is 9.18 Å². The number of nitrogens with zero attached hydrogens (tertiary/aromatic N) is 1. The van der Waals surface area contributed by atoms with Gasteiger partial charge in [-0.3, -0.25) is 9.78 Å². The molecule has 1 aromatic carbocycles. The molecule has 0 aliphatic heterocycles. The van der Waals surface area contributed by atoms with E-state index >= 15 is 0 Å². The summed E-state index contributed by atoms with van der Waals surface area (Å²) in [6, 6.07) is 9.84. The van der Waals surface area contributed by atoms with E-state index in [0.717, 1.165) is 12.8 Å². The molecular formula is C15H14FN3O. The Morgan fingerprint density at radius 2 is 2.00 bits per heavy atom. The molecule has 1 saturated carbocycles. The highest BCUT2D eigenvalue weighted by Gasteiger charge is 2.24. The van der Waals surface area contributed by atoms with Crippen molar-refractivity contribution in [1.82, 2.24) is 10.3 Å². The van der Waals surface area contributed by atoms with Gasteiger partial charge in [-0.15, -0.1) is 0 Å². The lowest BCUT2D eigenvalue weighted by Crippen LogP contribution is -2.26. The molecule has 5 heteroatoms. The first-order valence-electron chi connectivity index (χ1n) is 6.50. The second kappa shape index (κ2) is 5.28. The van der Waals surface area contributed by atoms with Crippen LogP contribution in [-0.2, 0) is 0 Å². The zero-order valence-electron chi connectivity index (χ0n) is 10.8. The molecule has 1 heterocycles. The van der Waals surface area contributed by atoms with Gasteiger partial charge in [0.1, 0.15) is 11.5 Å². The largest absolute Gasteiger partial charge is 0.355 e. The lowest BCUT2D eigenvalue weighted by atomic mass is 10.2. The van der Waals surface area contributed by atoms with Crippen LogP contribution in [-0.4, -0.2) is 16.9 Å². The number of anilines is 2. The van der Waals surface area contributed by atoms with Gasteiger partial charge in [0.15, 0.2) is 0 Å². The Labute approximate surface area is 116 Å². The fourth-order valence-corrected chi connectivity index (χ4v) is 1.85. The molecule has 1 aromatic heterocycles. The van der Waals surface area contributed by atoms with E-state index in [1.807, 2.05) is 0 Å². The van der Waals surface area contributed by atoms with Gasteiger partial charge in [0, 0.05) is 23.6 Å². The maximum absolute atomic E-state index is 13.1. The molecule has 0 unspecified atom stereocenters. The highest BCUT2D eigenvalue weighted by Crippen LogP contribution is 2.20. The summed E-state index contributed by atoms with van der Waals surface area (Å²) in [6.07, 6.45) is 3.63. The van der Waals surface area contributed by atoms with Crippen molar-refractivity contribution >= 4 is 17.3 Å². The number of pyridine rings is 1. The zero-order chi connectivity index (χ0) is 13.9. The first-order valence-corrected chi connectivity index (χ1v) is 6.50. The van der Waals surface area contributed by atoms with Gasteiger partial charge in [0.25, 0.3) is 5.91 Å². The number of aromatic nitrogens is 1. The Bertz CT molecular complexity index is 641. The van der Waals surface area contributed by atoms with Gasteiger partial charge in [-0.1, -0.05) is 6.07 Å². The van der Waals surface area contributed by atoms with Gasteiger partial charge in [-0.05, 0) is 43.2 Å². The molecule has 0 radical (unpaired) electrons. The SMILES string of the molecule is O=C(NC1CC1)c1cc(Nc2cccc(F)c2)ccn1. The summed E-state index contributed by atoms with van der Waals surface area (Å²) in [5.41, 5.74) is 1.69. The molecule has 1 aliphatic carbocycles. The molecule has 2 aromatic rings. The summed E-state index contributed by atoms with van der Waals surface area (Å²) in [5.74, 6) is -0.480. The molecule has 1 fully saturated rings. The van der Waals surface area contributed by atoms with Crippen molar-refractivity contribution in [3.05, 3.63) is 54.1 Å². The van der Waals surface area contributed by atoms with Crippen LogP contribution in [0.2, 0.25) is 0 Å². The number of amides is 1. The second-order valence-electron chi connectivity index (χ2n) is 4.81. The Hall–Kier alpha value is -2.43. The van der Waals surface area contributed by atoms with E-state index in [-0.39, 0.29) is 11.7 Å². The summed E-state index contributed by atoms with van der Waals surface area (Å²) < 4.78 is 13.1. The van der Waals surface area contributed by atoms with Crippen LogP contribution < -0.4 is 10.6 Å². The Balaban J connectivity index is 1.75. The van der Waals surface area contributed by atoms with Gasteiger partial charge >= 0.3 is 0 Å². The zero-order valence-corrected chi connectivity index (χ0v) is 10.8. The van der Waals surface area contributed by atoms with Crippen molar-refractivity contribution in [1.29, 1.82) is 0 Å². The lowest BCUT2D eigenvalue weighted by molar-refractivity contribution is 0.0946. The molecule has 0 atom stereocenters. The van der Waals surface area contributed by atoms with Crippen molar-refractivity contribution in [3.8, 4) is 0 Å². The Morgan fingerprint density at radius 3 is 2.75 bits per heavy atom. The van der Waals surface area contributed by atoms with E-state index in [0.29, 0.717) is 23.1 Å². The first-order chi connectivity index (χ1) is 9.70. The van der Waals surface area contributed by atoms with Crippen LogP contribution in [0.15, 0.2) is 42.6 Å². The van der Waals surface area contributed by atoms with Crippen molar-refractivity contribution < 1.29 is 9.18 Å². The minimum atomic E-state index is -0.309. The fourth-order valence-electron chi connectivity index (χ4n) is 1.85. The van der Waals surface area contributed by atoms with Gasteiger partial charge in [-0.25, -0.2) is 4.39 Å². The number of rotatable bonds is 4. The van der Waals surface area contributed by atoms with Gasteiger partial charge in [0.05, 0.1) is 0 Å². The normalized spacial score (nSPS) is 13.8. The van der Waals surface area contributed by atoms with Crippen LogP contribution in [0.1, 0.15) is 23.3 Å². The van der Waals surface area contributed by atoms with Crippen LogP contribution in [0.5, 0.6) is 0 Å². The fraction of sp³-hybridized carbons (Fsp3) is 0.200. The van der Waals surface area contributed by atoms with E-state index < -0.39 is 0 Å². The number of hydrogen-bond acceptors (Lipinski definition) is 3. The summed E-state index contributed by atoms with van der Waals surface area (Å²) in [4.78, 5) is 15.9. The number of carbonyl (C=O) groups excluding carboxylic acids is 1. The molecule has 1 aliphatic rings. The summed E-state index contributed by atoms with van der Waals surface area (Å²) in [5, 5.41) is 5.93.